The van der Waals surface area contributed by atoms with Gasteiger partial charge in [0.15, 0.2) is 0 Å². The Kier molecular flexibility index (Phi) is 6.12. The van der Waals surface area contributed by atoms with Crippen molar-refractivity contribution in [2.24, 2.45) is 0 Å². The largest absolute Gasteiger partial charge is 0.416 e. The molecule has 2 heterocycles. The average molecular weight is 422 g/mol. The quantitative estimate of drug-likeness (QED) is 0.799. The Morgan fingerprint density at radius 1 is 1.00 bits per heavy atom. The first-order valence-corrected chi connectivity index (χ1v) is 10.1. The first-order chi connectivity index (χ1) is 13.2. The van der Waals surface area contributed by atoms with Gasteiger partial charge in [-0.15, -0.1) is 0 Å². The summed E-state index contributed by atoms with van der Waals surface area (Å²) in [7, 11) is -3.61. The van der Waals surface area contributed by atoms with E-state index in [1.54, 1.807) is 0 Å². The molecule has 2 aliphatic rings. The van der Waals surface area contributed by atoms with Crippen molar-refractivity contribution < 1.29 is 31.1 Å². The van der Waals surface area contributed by atoms with Gasteiger partial charge in [-0.3, -0.25) is 0 Å². The second-order valence-electron chi connectivity index (χ2n) is 6.41. The second kappa shape index (κ2) is 8.23. The summed E-state index contributed by atoms with van der Waals surface area (Å²) in [6, 6.07) is 3.79. The molecule has 1 aromatic rings. The van der Waals surface area contributed by atoms with E-state index in [-0.39, 0.29) is 31.9 Å². The van der Waals surface area contributed by atoms with E-state index in [0.29, 0.717) is 26.3 Å². The third-order valence-electron chi connectivity index (χ3n) is 4.59. The van der Waals surface area contributed by atoms with E-state index in [0.717, 1.165) is 12.1 Å². The molecule has 12 heteroatoms. The van der Waals surface area contributed by atoms with Crippen molar-refractivity contribution in [1.82, 2.24) is 13.5 Å². The van der Waals surface area contributed by atoms with Crippen LogP contribution in [0.4, 0.5) is 23.7 Å². The van der Waals surface area contributed by atoms with Crippen molar-refractivity contribution in [3.8, 4) is 0 Å². The van der Waals surface area contributed by atoms with Gasteiger partial charge in [0.05, 0.1) is 18.8 Å². The van der Waals surface area contributed by atoms with Crippen molar-refractivity contribution in [3.05, 3.63) is 29.8 Å². The topological polar surface area (TPSA) is 82.2 Å². The zero-order valence-electron chi connectivity index (χ0n) is 15.0. The molecule has 1 aromatic carbocycles. The fourth-order valence-corrected chi connectivity index (χ4v) is 4.60. The number of hydrogen-bond acceptors (Lipinski definition) is 4. The second-order valence-corrected chi connectivity index (χ2v) is 8.34. The molecule has 0 unspecified atom stereocenters. The van der Waals surface area contributed by atoms with Crippen LogP contribution >= 0.6 is 0 Å². The molecular weight excluding hydrogens is 401 g/mol. The number of nitrogens with zero attached hydrogens (tertiary/aromatic N) is 3. The summed E-state index contributed by atoms with van der Waals surface area (Å²) in [6.45, 7) is 1.81. The molecule has 8 nitrogen and oxygen atoms in total. The number of carbonyl (C=O) groups excluding carboxylic acids is 1. The third-order valence-corrected chi connectivity index (χ3v) is 6.63. The molecule has 0 aliphatic carbocycles. The van der Waals surface area contributed by atoms with Gasteiger partial charge in [0.1, 0.15) is 0 Å². The van der Waals surface area contributed by atoms with Crippen molar-refractivity contribution in [1.29, 1.82) is 0 Å². The molecule has 2 fully saturated rings. The van der Waals surface area contributed by atoms with Crippen LogP contribution < -0.4 is 5.32 Å². The fraction of sp³-hybridized carbons (Fsp3) is 0.562. The summed E-state index contributed by atoms with van der Waals surface area (Å²) in [4.78, 5) is 13.7. The maximum Gasteiger partial charge on any atom is 0.416 e. The number of ether oxygens (including phenoxy) is 1. The SMILES string of the molecule is O=C(Nc1cccc(C(F)(F)F)c1)N1CCN(S(=O)(=O)N2CCOCC2)CC1. The van der Waals surface area contributed by atoms with Crippen LogP contribution in [0.2, 0.25) is 0 Å². The van der Waals surface area contributed by atoms with Gasteiger partial charge in [0.25, 0.3) is 10.2 Å². The van der Waals surface area contributed by atoms with Crippen molar-refractivity contribution >= 4 is 21.9 Å². The lowest BCUT2D eigenvalue weighted by molar-refractivity contribution is -0.137. The van der Waals surface area contributed by atoms with Crippen LogP contribution in [0.1, 0.15) is 5.56 Å². The maximum absolute atomic E-state index is 12.8. The molecule has 156 valence electrons. The van der Waals surface area contributed by atoms with Gasteiger partial charge in [-0.1, -0.05) is 6.07 Å². The van der Waals surface area contributed by atoms with Crippen LogP contribution in [0.5, 0.6) is 0 Å². The Hall–Kier alpha value is -1.89. The van der Waals surface area contributed by atoms with Crippen molar-refractivity contribution in [2.75, 3.05) is 57.8 Å². The van der Waals surface area contributed by atoms with E-state index in [9.17, 15) is 26.4 Å². The van der Waals surface area contributed by atoms with Crippen LogP contribution in [-0.2, 0) is 21.1 Å². The molecule has 2 aliphatic heterocycles. The minimum absolute atomic E-state index is 0.0307. The molecule has 0 atom stereocenters. The molecule has 0 bridgehead atoms. The summed E-state index contributed by atoms with van der Waals surface area (Å²) in [5, 5.41) is 2.43. The molecule has 1 N–H and O–H groups in total. The number of benzene rings is 1. The standard InChI is InChI=1S/C16H21F3N4O4S/c17-16(18,19)13-2-1-3-14(12-13)20-15(24)21-4-6-22(7-5-21)28(25,26)23-8-10-27-11-9-23/h1-3,12H,4-11H2,(H,20,24). The number of urea groups is 1. The monoisotopic (exact) mass is 422 g/mol. The Labute approximate surface area is 161 Å². The first kappa shape index (κ1) is 20.8. The molecule has 0 saturated carbocycles. The Balaban J connectivity index is 1.57. The molecule has 28 heavy (non-hydrogen) atoms. The molecule has 3 rings (SSSR count). The highest BCUT2D eigenvalue weighted by atomic mass is 32.2. The predicted molar refractivity (Wildman–Crippen MR) is 94.9 cm³/mol. The highest BCUT2D eigenvalue weighted by Gasteiger charge is 2.34. The van der Waals surface area contributed by atoms with Gasteiger partial charge in [-0.2, -0.15) is 30.2 Å². The Morgan fingerprint density at radius 2 is 1.61 bits per heavy atom. The van der Waals surface area contributed by atoms with Gasteiger partial charge in [0.2, 0.25) is 0 Å². The number of amides is 2. The van der Waals surface area contributed by atoms with Crippen molar-refractivity contribution in [2.45, 2.75) is 6.18 Å². The minimum Gasteiger partial charge on any atom is -0.379 e. The third kappa shape index (κ3) is 4.74. The lowest BCUT2D eigenvalue weighted by Crippen LogP contribution is -2.56. The lowest BCUT2D eigenvalue weighted by atomic mass is 10.2. The molecule has 0 aromatic heterocycles. The number of morpholine rings is 1. The number of nitrogens with one attached hydrogen (secondary N) is 1. The van der Waals surface area contributed by atoms with E-state index >= 15 is 0 Å². The van der Waals surface area contributed by atoms with E-state index < -0.39 is 28.0 Å². The van der Waals surface area contributed by atoms with E-state index in [1.807, 2.05) is 0 Å². The van der Waals surface area contributed by atoms with Gasteiger partial charge >= 0.3 is 12.2 Å². The molecule has 0 radical (unpaired) electrons. The summed E-state index contributed by atoms with van der Waals surface area (Å²) in [6.07, 6.45) is -4.50. The number of alkyl halides is 3. The van der Waals surface area contributed by atoms with Crippen LogP contribution in [0.25, 0.3) is 0 Å². The number of anilines is 1. The lowest BCUT2D eigenvalue weighted by Gasteiger charge is -2.37. The number of rotatable bonds is 3. The number of halogens is 3. The molecule has 0 spiro atoms. The summed E-state index contributed by atoms with van der Waals surface area (Å²) in [5.41, 5.74) is -0.824. The van der Waals surface area contributed by atoms with Crippen LogP contribution in [0.3, 0.4) is 0 Å². The van der Waals surface area contributed by atoms with Crippen LogP contribution in [-0.4, -0.2) is 80.4 Å². The minimum atomic E-state index is -4.50. The van der Waals surface area contributed by atoms with Crippen molar-refractivity contribution in [3.63, 3.8) is 0 Å². The van der Waals surface area contributed by atoms with Gasteiger partial charge in [0, 0.05) is 45.0 Å². The number of piperazine rings is 1. The first-order valence-electron chi connectivity index (χ1n) is 8.74. The smallest absolute Gasteiger partial charge is 0.379 e. The zero-order chi connectivity index (χ0) is 20.4. The summed E-state index contributed by atoms with van der Waals surface area (Å²) >= 11 is 0. The Bertz CT molecular complexity index is 804. The Morgan fingerprint density at radius 3 is 2.21 bits per heavy atom. The fourth-order valence-electron chi connectivity index (χ4n) is 3.04. The number of carbonyl (C=O) groups is 1. The average Bonchev–Trinajstić information content (AvgIpc) is 2.68. The molecule has 2 saturated heterocycles. The highest BCUT2D eigenvalue weighted by Crippen LogP contribution is 2.30. The predicted octanol–water partition coefficient (Wildman–Crippen LogP) is 1.43. The molecule has 2 amide bonds. The van der Waals surface area contributed by atoms with Gasteiger partial charge < -0.3 is 15.0 Å². The van der Waals surface area contributed by atoms with E-state index in [2.05, 4.69) is 5.32 Å². The normalized spacial score (nSPS) is 20.2. The summed E-state index contributed by atoms with van der Waals surface area (Å²) in [5.74, 6) is 0. The van der Waals surface area contributed by atoms with E-state index in [1.165, 1.54) is 25.6 Å². The summed E-state index contributed by atoms with van der Waals surface area (Å²) < 4.78 is 71.4. The maximum atomic E-state index is 12.8. The van der Waals surface area contributed by atoms with Gasteiger partial charge in [-0.25, -0.2) is 4.79 Å². The highest BCUT2D eigenvalue weighted by molar-refractivity contribution is 7.86. The van der Waals surface area contributed by atoms with E-state index in [4.69, 9.17) is 4.74 Å². The molecular formula is C16H21F3N4O4S. The van der Waals surface area contributed by atoms with Gasteiger partial charge in [-0.05, 0) is 18.2 Å². The van der Waals surface area contributed by atoms with Crippen LogP contribution in [0.15, 0.2) is 24.3 Å². The zero-order valence-corrected chi connectivity index (χ0v) is 15.8. The van der Waals surface area contributed by atoms with Crippen LogP contribution in [0, 0.1) is 0 Å². The number of hydrogen-bond donors (Lipinski definition) is 1.